The van der Waals surface area contributed by atoms with E-state index in [2.05, 4.69) is 20.7 Å². The second kappa shape index (κ2) is 4.85. The van der Waals surface area contributed by atoms with Crippen LogP contribution < -0.4 is 4.74 Å². The lowest BCUT2D eigenvalue weighted by Gasteiger charge is -2.07. The summed E-state index contributed by atoms with van der Waals surface area (Å²) in [5, 5.41) is 9.47. The van der Waals surface area contributed by atoms with E-state index in [0.29, 0.717) is 16.7 Å². The number of hydrogen-bond donors (Lipinski definition) is 1. The third kappa shape index (κ3) is 2.38. The molecule has 0 saturated heterocycles. The Hall–Kier alpha value is -1.23. The quantitative estimate of drug-likeness (QED) is 0.840. The molecule has 5 heteroatoms. The summed E-state index contributed by atoms with van der Waals surface area (Å²) in [4.78, 5) is 9.97. The van der Waals surface area contributed by atoms with Gasteiger partial charge in [-0.05, 0) is 33.6 Å². The zero-order chi connectivity index (χ0) is 10.6. The molecule has 0 atom stereocenters. The molecule has 1 N–H and O–H groups in total. The summed E-state index contributed by atoms with van der Waals surface area (Å²) < 4.78 is 10.00. The molecule has 4 nitrogen and oxygen atoms in total. The van der Waals surface area contributed by atoms with Crippen LogP contribution in [-0.4, -0.2) is 18.7 Å². The second-order valence-corrected chi connectivity index (χ2v) is 3.39. The molecule has 0 aliphatic rings. The van der Waals surface area contributed by atoms with Gasteiger partial charge in [0, 0.05) is 0 Å². The van der Waals surface area contributed by atoms with Crippen LogP contribution in [0.15, 0.2) is 16.6 Å². The summed E-state index contributed by atoms with van der Waals surface area (Å²) in [7, 11) is 1.45. The van der Waals surface area contributed by atoms with Crippen molar-refractivity contribution >= 4 is 22.4 Å². The molecule has 76 valence electrons. The van der Waals surface area contributed by atoms with Crippen molar-refractivity contribution in [2.75, 3.05) is 7.11 Å². The Morgan fingerprint density at radius 3 is 2.86 bits per heavy atom. The second-order valence-electron chi connectivity index (χ2n) is 2.54. The lowest BCUT2D eigenvalue weighted by atomic mass is 10.2. The molecule has 14 heavy (non-hydrogen) atoms. The van der Waals surface area contributed by atoms with Crippen LogP contribution in [0.4, 0.5) is 0 Å². The SMILES string of the molecule is COc1cc(COC=O)cc(Br)c1O. The average Bonchev–Trinajstić information content (AvgIpc) is 2.19. The van der Waals surface area contributed by atoms with Crippen LogP contribution in [0.25, 0.3) is 0 Å². The molecule has 1 aromatic carbocycles. The number of rotatable bonds is 4. The number of methoxy groups -OCH3 is 1. The fraction of sp³-hybridized carbons (Fsp3) is 0.222. The first-order valence-electron chi connectivity index (χ1n) is 3.79. The molecule has 0 saturated carbocycles. The van der Waals surface area contributed by atoms with E-state index in [1.165, 1.54) is 7.11 Å². The lowest BCUT2D eigenvalue weighted by molar-refractivity contribution is -0.129. The standard InChI is InChI=1S/C9H9BrO4/c1-13-8-3-6(4-14-5-11)2-7(10)9(8)12/h2-3,5,12H,4H2,1H3. The van der Waals surface area contributed by atoms with Crippen LogP contribution in [-0.2, 0) is 16.1 Å². The van der Waals surface area contributed by atoms with Crippen molar-refractivity contribution in [3.8, 4) is 11.5 Å². The van der Waals surface area contributed by atoms with Gasteiger partial charge in [-0.15, -0.1) is 0 Å². The van der Waals surface area contributed by atoms with Crippen LogP contribution in [0.3, 0.4) is 0 Å². The molecule has 0 radical (unpaired) electrons. The Bertz CT molecular complexity index is 338. The van der Waals surface area contributed by atoms with Gasteiger partial charge in [0.2, 0.25) is 0 Å². The van der Waals surface area contributed by atoms with Crippen molar-refractivity contribution in [2.24, 2.45) is 0 Å². The fourth-order valence-electron chi connectivity index (χ4n) is 0.996. The molecule has 0 aromatic heterocycles. The zero-order valence-electron chi connectivity index (χ0n) is 7.49. The largest absolute Gasteiger partial charge is 0.503 e. The molecular weight excluding hydrogens is 252 g/mol. The van der Waals surface area contributed by atoms with Gasteiger partial charge in [-0.3, -0.25) is 4.79 Å². The highest BCUT2D eigenvalue weighted by molar-refractivity contribution is 9.10. The first-order chi connectivity index (χ1) is 6.69. The van der Waals surface area contributed by atoms with Crippen molar-refractivity contribution in [1.82, 2.24) is 0 Å². The van der Waals surface area contributed by atoms with Crippen LogP contribution in [0.5, 0.6) is 11.5 Å². The van der Waals surface area contributed by atoms with Crippen LogP contribution in [0, 0.1) is 0 Å². The van der Waals surface area contributed by atoms with Gasteiger partial charge in [0.05, 0.1) is 11.6 Å². The number of phenolic OH excluding ortho intramolecular Hbond substituents is 1. The number of benzene rings is 1. The van der Waals surface area contributed by atoms with E-state index < -0.39 is 0 Å². The van der Waals surface area contributed by atoms with E-state index >= 15 is 0 Å². The highest BCUT2D eigenvalue weighted by Gasteiger charge is 2.08. The molecule has 0 aliphatic carbocycles. The maximum Gasteiger partial charge on any atom is 0.293 e. The smallest absolute Gasteiger partial charge is 0.293 e. The first kappa shape index (κ1) is 10.8. The fourth-order valence-corrected chi connectivity index (χ4v) is 1.49. The predicted octanol–water partition coefficient (Wildman–Crippen LogP) is 1.84. The highest BCUT2D eigenvalue weighted by atomic mass is 79.9. The molecule has 0 heterocycles. The maximum absolute atomic E-state index is 9.97. The van der Waals surface area contributed by atoms with Gasteiger partial charge >= 0.3 is 0 Å². The Kier molecular flexibility index (Phi) is 3.76. The van der Waals surface area contributed by atoms with Gasteiger partial charge in [-0.25, -0.2) is 0 Å². The summed E-state index contributed by atoms with van der Waals surface area (Å²) in [6.45, 7) is 0.520. The molecule has 0 aliphatic heterocycles. The summed E-state index contributed by atoms with van der Waals surface area (Å²) in [6, 6.07) is 3.25. The third-order valence-corrected chi connectivity index (χ3v) is 2.23. The average molecular weight is 261 g/mol. The monoisotopic (exact) mass is 260 g/mol. The number of phenols is 1. The van der Waals surface area contributed by atoms with Gasteiger partial charge < -0.3 is 14.6 Å². The van der Waals surface area contributed by atoms with E-state index in [9.17, 15) is 9.90 Å². The lowest BCUT2D eigenvalue weighted by Crippen LogP contribution is -1.92. The normalized spacial score (nSPS) is 9.57. The van der Waals surface area contributed by atoms with E-state index in [0.717, 1.165) is 5.56 Å². The van der Waals surface area contributed by atoms with Crippen molar-refractivity contribution < 1.29 is 19.4 Å². The molecule has 0 unspecified atom stereocenters. The number of carbonyl (C=O) groups is 1. The predicted molar refractivity (Wildman–Crippen MR) is 53.2 cm³/mol. The van der Waals surface area contributed by atoms with Gasteiger partial charge in [0.15, 0.2) is 11.5 Å². The van der Waals surface area contributed by atoms with E-state index in [-0.39, 0.29) is 12.4 Å². The number of hydrogen-bond acceptors (Lipinski definition) is 4. The van der Waals surface area contributed by atoms with Gasteiger partial charge in [0.1, 0.15) is 6.61 Å². The van der Waals surface area contributed by atoms with Crippen LogP contribution >= 0.6 is 15.9 Å². The zero-order valence-corrected chi connectivity index (χ0v) is 9.08. The van der Waals surface area contributed by atoms with E-state index in [1.807, 2.05) is 0 Å². The number of aromatic hydroxyl groups is 1. The maximum atomic E-state index is 9.97. The first-order valence-corrected chi connectivity index (χ1v) is 4.59. The van der Waals surface area contributed by atoms with Crippen molar-refractivity contribution in [3.05, 3.63) is 22.2 Å². The third-order valence-electron chi connectivity index (χ3n) is 1.63. The summed E-state index contributed by atoms with van der Waals surface area (Å²) in [6.07, 6.45) is 0. The molecular formula is C9H9BrO4. The number of ether oxygens (including phenoxy) is 2. The minimum atomic E-state index is 0.0300. The molecule has 0 amide bonds. The minimum Gasteiger partial charge on any atom is -0.503 e. The Morgan fingerprint density at radius 1 is 1.57 bits per heavy atom. The van der Waals surface area contributed by atoms with Gasteiger partial charge in [-0.1, -0.05) is 0 Å². The molecule has 1 aromatic rings. The number of carbonyl (C=O) groups excluding carboxylic acids is 1. The van der Waals surface area contributed by atoms with Gasteiger partial charge in [0.25, 0.3) is 6.47 Å². The summed E-state index contributed by atoms with van der Waals surface area (Å²) in [5.74, 6) is 0.367. The topological polar surface area (TPSA) is 55.8 Å². The molecule has 0 bridgehead atoms. The molecule has 1 rings (SSSR count). The summed E-state index contributed by atoms with van der Waals surface area (Å²) >= 11 is 3.16. The summed E-state index contributed by atoms with van der Waals surface area (Å²) in [5.41, 5.74) is 0.735. The van der Waals surface area contributed by atoms with Crippen LogP contribution in [0.1, 0.15) is 5.56 Å². The Balaban J connectivity index is 2.97. The van der Waals surface area contributed by atoms with Crippen molar-refractivity contribution in [1.29, 1.82) is 0 Å². The van der Waals surface area contributed by atoms with Crippen molar-refractivity contribution in [3.63, 3.8) is 0 Å². The van der Waals surface area contributed by atoms with Crippen molar-refractivity contribution in [2.45, 2.75) is 6.61 Å². The van der Waals surface area contributed by atoms with E-state index in [1.54, 1.807) is 12.1 Å². The minimum absolute atomic E-state index is 0.0300. The van der Waals surface area contributed by atoms with E-state index in [4.69, 9.17) is 4.74 Å². The van der Waals surface area contributed by atoms with Gasteiger partial charge in [-0.2, -0.15) is 0 Å². The van der Waals surface area contributed by atoms with Crippen LogP contribution in [0.2, 0.25) is 0 Å². The number of halogens is 1. The Labute approximate surface area is 89.6 Å². The highest BCUT2D eigenvalue weighted by Crippen LogP contribution is 2.35. The molecule has 0 spiro atoms. The molecule has 0 fully saturated rings. The Morgan fingerprint density at radius 2 is 2.29 bits per heavy atom.